The van der Waals surface area contributed by atoms with Gasteiger partial charge in [0, 0.05) is 23.6 Å². The normalized spacial score (nSPS) is 17.6. The number of nitrogens with one attached hydrogen (secondary N) is 2. The molecular formula is C22H20ClF3N4O3. The Morgan fingerprint density at radius 3 is 2.52 bits per heavy atom. The number of carbonyl (C=O) groups excluding carboxylic acids is 1. The molecule has 2 unspecified atom stereocenters. The van der Waals surface area contributed by atoms with Crippen molar-refractivity contribution in [3.63, 3.8) is 0 Å². The number of amides is 1. The minimum absolute atomic E-state index is 0.0892. The summed E-state index contributed by atoms with van der Waals surface area (Å²) in [5.41, 5.74) is 0.772. The van der Waals surface area contributed by atoms with Crippen molar-refractivity contribution < 1.29 is 27.4 Å². The third-order valence-electron chi connectivity index (χ3n) is 5.35. The molecule has 0 saturated carbocycles. The van der Waals surface area contributed by atoms with Gasteiger partial charge in [0.2, 0.25) is 0 Å². The topological polar surface area (TPSA) is 77.4 Å². The van der Waals surface area contributed by atoms with Gasteiger partial charge in [-0.15, -0.1) is 0 Å². The van der Waals surface area contributed by atoms with Crippen molar-refractivity contribution in [2.24, 2.45) is 0 Å². The summed E-state index contributed by atoms with van der Waals surface area (Å²) >= 11 is 5.90. The summed E-state index contributed by atoms with van der Waals surface area (Å²) in [6.07, 6.45) is -4.85. The molecule has 2 atom stereocenters. The number of rotatable bonds is 5. The van der Waals surface area contributed by atoms with Crippen molar-refractivity contribution in [3.05, 3.63) is 64.8 Å². The van der Waals surface area contributed by atoms with Gasteiger partial charge < -0.3 is 20.1 Å². The standard InChI is InChI=1S/C22H20ClF3N4O3/c1-32-14-7-8-18(33-2)16(9-14)28-21(31)17-11-20-27-15(12-3-5-13(23)6-4-12)10-19(22(24,25)26)30(20)29-17/h3-9,11,15,19,27H,10H2,1-2H3,(H,28,31). The van der Waals surface area contributed by atoms with E-state index in [-0.39, 0.29) is 17.9 Å². The number of anilines is 2. The molecule has 0 aliphatic carbocycles. The summed E-state index contributed by atoms with van der Waals surface area (Å²) in [7, 11) is 2.90. The Kier molecular flexibility index (Phi) is 6.11. The lowest BCUT2D eigenvalue weighted by atomic mass is 9.97. The van der Waals surface area contributed by atoms with Gasteiger partial charge in [0.25, 0.3) is 5.91 Å². The summed E-state index contributed by atoms with van der Waals surface area (Å²) in [4.78, 5) is 12.8. The SMILES string of the molecule is COc1ccc(OC)c(NC(=O)c2cc3n(n2)C(C(F)(F)F)CC(c2ccc(Cl)cc2)N3)c1. The smallest absolute Gasteiger partial charge is 0.410 e. The number of hydrogen-bond acceptors (Lipinski definition) is 5. The molecule has 0 radical (unpaired) electrons. The van der Waals surface area contributed by atoms with E-state index in [1.54, 1.807) is 42.5 Å². The van der Waals surface area contributed by atoms with Crippen molar-refractivity contribution in [3.8, 4) is 11.5 Å². The second-order valence-corrected chi connectivity index (χ2v) is 7.86. The molecule has 1 amide bonds. The van der Waals surface area contributed by atoms with E-state index in [0.29, 0.717) is 27.8 Å². The fraction of sp³-hybridized carbons (Fsp3) is 0.273. The molecule has 4 rings (SSSR count). The quantitative estimate of drug-likeness (QED) is 0.506. The number of methoxy groups -OCH3 is 2. The van der Waals surface area contributed by atoms with E-state index >= 15 is 0 Å². The van der Waals surface area contributed by atoms with Gasteiger partial charge in [-0.05, 0) is 29.8 Å². The monoisotopic (exact) mass is 480 g/mol. The number of aromatic nitrogens is 2. The molecule has 11 heteroatoms. The highest BCUT2D eigenvalue weighted by molar-refractivity contribution is 6.30. The summed E-state index contributed by atoms with van der Waals surface area (Å²) in [5, 5.41) is 10.1. The Balaban J connectivity index is 1.65. The number of carbonyl (C=O) groups is 1. The predicted molar refractivity (Wildman–Crippen MR) is 117 cm³/mol. The summed E-state index contributed by atoms with van der Waals surface area (Å²) in [5.74, 6) is 0.238. The van der Waals surface area contributed by atoms with Gasteiger partial charge in [0.1, 0.15) is 17.3 Å². The lowest BCUT2D eigenvalue weighted by molar-refractivity contribution is -0.173. The molecule has 2 N–H and O–H groups in total. The van der Waals surface area contributed by atoms with Crippen molar-refractivity contribution in [2.45, 2.75) is 24.7 Å². The van der Waals surface area contributed by atoms with E-state index in [4.69, 9.17) is 21.1 Å². The third-order valence-corrected chi connectivity index (χ3v) is 5.60. The Morgan fingerprint density at radius 2 is 1.88 bits per heavy atom. The molecule has 0 bridgehead atoms. The fourth-order valence-electron chi connectivity index (χ4n) is 3.70. The number of benzene rings is 2. The van der Waals surface area contributed by atoms with Crippen molar-refractivity contribution in [2.75, 3.05) is 24.9 Å². The van der Waals surface area contributed by atoms with Crippen LogP contribution >= 0.6 is 11.6 Å². The molecule has 1 aliphatic heterocycles. The molecular weight excluding hydrogens is 461 g/mol. The summed E-state index contributed by atoms with van der Waals surface area (Å²) in [6, 6.07) is 10.1. The zero-order valence-electron chi connectivity index (χ0n) is 17.6. The molecule has 0 spiro atoms. The number of hydrogen-bond donors (Lipinski definition) is 2. The van der Waals surface area contributed by atoms with Gasteiger partial charge >= 0.3 is 6.18 Å². The molecule has 1 aliphatic rings. The molecule has 0 saturated heterocycles. The molecule has 7 nitrogen and oxygen atoms in total. The first kappa shape index (κ1) is 22.8. The second kappa shape index (κ2) is 8.86. The fourth-order valence-corrected chi connectivity index (χ4v) is 3.82. The molecule has 33 heavy (non-hydrogen) atoms. The number of alkyl halides is 3. The second-order valence-electron chi connectivity index (χ2n) is 7.42. The van der Waals surface area contributed by atoms with E-state index in [2.05, 4.69) is 15.7 Å². The Hall–Kier alpha value is -3.40. The van der Waals surface area contributed by atoms with Gasteiger partial charge in [0.15, 0.2) is 11.7 Å². The lowest BCUT2D eigenvalue weighted by Gasteiger charge is -2.33. The first-order valence-electron chi connectivity index (χ1n) is 9.91. The van der Waals surface area contributed by atoms with Crippen LogP contribution in [0.5, 0.6) is 11.5 Å². The molecule has 174 valence electrons. The van der Waals surface area contributed by atoms with Crippen LogP contribution in [0.25, 0.3) is 0 Å². The number of ether oxygens (including phenoxy) is 2. The molecule has 2 aromatic carbocycles. The van der Waals surface area contributed by atoms with E-state index in [1.165, 1.54) is 20.3 Å². The number of nitrogens with zero attached hydrogens (tertiary/aromatic N) is 2. The van der Waals surface area contributed by atoms with Crippen LogP contribution in [0.1, 0.15) is 34.6 Å². The van der Waals surface area contributed by atoms with Crippen molar-refractivity contribution >= 4 is 29.0 Å². The molecule has 1 aromatic heterocycles. The minimum atomic E-state index is -4.56. The highest BCUT2D eigenvalue weighted by Gasteiger charge is 2.46. The van der Waals surface area contributed by atoms with Crippen LogP contribution in [0.15, 0.2) is 48.5 Å². The first-order chi connectivity index (χ1) is 15.7. The minimum Gasteiger partial charge on any atom is -0.497 e. The average molecular weight is 481 g/mol. The van der Waals surface area contributed by atoms with Gasteiger partial charge in [-0.3, -0.25) is 4.79 Å². The molecule has 2 heterocycles. The lowest BCUT2D eigenvalue weighted by Crippen LogP contribution is -2.35. The van der Waals surface area contributed by atoms with Crippen LogP contribution in [0.3, 0.4) is 0 Å². The zero-order valence-corrected chi connectivity index (χ0v) is 18.4. The largest absolute Gasteiger partial charge is 0.497 e. The van der Waals surface area contributed by atoms with Crippen molar-refractivity contribution in [1.82, 2.24) is 9.78 Å². The average Bonchev–Trinajstić information content (AvgIpc) is 3.22. The highest BCUT2D eigenvalue weighted by Crippen LogP contribution is 2.43. The van der Waals surface area contributed by atoms with E-state index in [9.17, 15) is 18.0 Å². The van der Waals surface area contributed by atoms with Crippen LogP contribution in [-0.2, 0) is 0 Å². The Bertz CT molecular complexity index is 1160. The van der Waals surface area contributed by atoms with Gasteiger partial charge in [-0.1, -0.05) is 23.7 Å². The maximum absolute atomic E-state index is 13.9. The first-order valence-corrected chi connectivity index (χ1v) is 10.3. The van der Waals surface area contributed by atoms with Crippen LogP contribution in [0.2, 0.25) is 5.02 Å². The van der Waals surface area contributed by atoms with Gasteiger partial charge in [-0.25, -0.2) is 4.68 Å². The van der Waals surface area contributed by atoms with E-state index in [1.807, 2.05) is 0 Å². The van der Waals surface area contributed by atoms with Crippen LogP contribution in [0, 0.1) is 0 Å². The predicted octanol–water partition coefficient (Wildman–Crippen LogP) is 5.47. The maximum atomic E-state index is 13.9. The zero-order chi connectivity index (χ0) is 23.8. The van der Waals surface area contributed by atoms with Crippen molar-refractivity contribution in [1.29, 1.82) is 0 Å². The molecule has 3 aromatic rings. The van der Waals surface area contributed by atoms with Crippen LogP contribution in [-0.4, -0.2) is 36.1 Å². The number of halogens is 4. The van der Waals surface area contributed by atoms with E-state index in [0.717, 1.165) is 4.68 Å². The van der Waals surface area contributed by atoms with Crippen LogP contribution in [0.4, 0.5) is 24.7 Å². The number of fused-ring (bicyclic) bond motifs is 1. The van der Waals surface area contributed by atoms with Crippen LogP contribution < -0.4 is 20.1 Å². The van der Waals surface area contributed by atoms with Gasteiger partial charge in [-0.2, -0.15) is 18.3 Å². The Morgan fingerprint density at radius 1 is 1.15 bits per heavy atom. The van der Waals surface area contributed by atoms with Gasteiger partial charge in [0.05, 0.1) is 25.9 Å². The Labute approximate surface area is 192 Å². The van der Waals surface area contributed by atoms with E-state index < -0.39 is 24.2 Å². The molecule has 0 fully saturated rings. The maximum Gasteiger partial charge on any atom is 0.410 e. The third kappa shape index (κ3) is 4.70. The summed E-state index contributed by atoms with van der Waals surface area (Å²) in [6.45, 7) is 0. The summed E-state index contributed by atoms with van der Waals surface area (Å²) < 4.78 is 52.8. The highest BCUT2D eigenvalue weighted by atomic mass is 35.5.